The van der Waals surface area contributed by atoms with Crippen molar-refractivity contribution in [3.63, 3.8) is 0 Å². The first kappa shape index (κ1) is 14.7. The lowest BCUT2D eigenvalue weighted by Crippen LogP contribution is -2.30. The first-order valence-corrected chi connectivity index (χ1v) is 4.83. The number of methoxy groups -OCH3 is 1. The van der Waals surface area contributed by atoms with E-state index < -0.39 is 12.6 Å². The third-order valence-electron chi connectivity index (χ3n) is 1.70. The van der Waals surface area contributed by atoms with Gasteiger partial charge in [0.05, 0.1) is 25.7 Å². The number of hydrogen-bond acceptors (Lipinski definition) is 3. The van der Waals surface area contributed by atoms with Crippen LogP contribution in [0.3, 0.4) is 0 Å². The molecule has 1 unspecified atom stereocenters. The minimum atomic E-state index is -4.14. The molecule has 0 aliphatic heterocycles. The molecule has 15 heavy (non-hydrogen) atoms. The molecule has 3 nitrogen and oxygen atoms in total. The fraction of sp³-hybridized carbons (Fsp3) is 1.00. The second-order valence-corrected chi connectivity index (χ2v) is 3.24. The van der Waals surface area contributed by atoms with Crippen LogP contribution in [0.5, 0.6) is 0 Å². The van der Waals surface area contributed by atoms with Crippen molar-refractivity contribution in [3.8, 4) is 0 Å². The van der Waals surface area contributed by atoms with Gasteiger partial charge in [0.2, 0.25) is 0 Å². The lowest BCUT2D eigenvalue weighted by atomic mass is 10.4. The van der Waals surface area contributed by atoms with Crippen LogP contribution >= 0.6 is 0 Å². The molecule has 0 bridgehead atoms. The van der Waals surface area contributed by atoms with E-state index in [0.29, 0.717) is 19.7 Å². The summed E-state index contributed by atoms with van der Waals surface area (Å²) in [6.07, 6.45) is -5.25. The molecule has 0 aliphatic rings. The molecular formula is C9H18F3NO2. The van der Waals surface area contributed by atoms with Crippen LogP contribution in [0.2, 0.25) is 0 Å². The summed E-state index contributed by atoms with van der Waals surface area (Å²) in [5, 5.41) is 3.00. The molecular weight excluding hydrogens is 211 g/mol. The predicted molar refractivity (Wildman–Crippen MR) is 50.8 cm³/mol. The van der Waals surface area contributed by atoms with Crippen molar-refractivity contribution in [2.75, 3.05) is 33.4 Å². The summed E-state index contributed by atoms with van der Waals surface area (Å²) >= 11 is 0. The predicted octanol–water partition coefficient (Wildman–Crippen LogP) is 1.58. The summed E-state index contributed by atoms with van der Waals surface area (Å²) < 4.78 is 45.0. The van der Waals surface area contributed by atoms with Gasteiger partial charge >= 0.3 is 6.18 Å². The Kier molecular flexibility index (Phi) is 7.72. The Bertz CT molecular complexity index is 153. The van der Waals surface area contributed by atoms with Crippen molar-refractivity contribution < 1.29 is 22.6 Å². The normalized spacial score (nSPS) is 14.2. The zero-order chi connectivity index (χ0) is 11.7. The van der Waals surface area contributed by atoms with E-state index in [1.54, 1.807) is 14.0 Å². The van der Waals surface area contributed by atoms with E-state index in [1.165, 1.54) is 0 Å². The van der Waals surface area contributed by atoms with Gasteiger partial charge in [0, 0.05) is 20.2 Å². The van der Waals surface area contributed by atoms with Crippen LogP contribution in [0.15, 0.2) is 0 Å². The highest BCUT2D eigenvalue weighted by Crippen LogP contribution is 2.19. The summed E-state index contributed by atoms with van der Waals surface area (Å²) in [5.41, 5.74) is 0. The van der Waals surface area contributed by atoms with Gasteiger partial charge in [0.15, 0.2) is 0 Å². The highest BCUT2D eigenvalue weighted by atomic mass is 19.4. The smallest absolute Gasteiger partial charge is 0.383 e. The van der Waals surface area contributed by atoms with Crippen LogP contribution in [0.4, 0.5) is 13.2 Å². The minimum Gasteiger partial charge on any atom is -0.383 e. The first-order valence-electron chi connectivity index (χ1n) is 4.83. The largest absolute Gasteiger partial charge is 0.391 e. The third-order valence-corrected chi connectivity index (χ3v) is 1.70. The van der Waals surface area contributed by atoms with Gasteiger partial charge in [-0.1, -0.05) is 0 Å². The van der Waals surface area contributed by atoms with E-state index in [4.69, 9.17) is 9.47 Å². The van der Waals surface area contributed by atoms with Crippen LogP contribution in [-0.4, -0.2) is 45.7 Å². The van der Waals surface area contributed by atoms with Gasteiger partial charge in [-0.2, -0.15) is 13.2 Å². The maximum atomic E-state index is 11.7. The summed E-state index contributed by atoms with van der Waals surface area (Å²) in [5.74, 6) is 0. The molecule has 0 amide bonds. The lowest BCUT2D eigenvalue weighted by molar-refractivity contribution is -0.148. The van der Waals surface area contributed by atoms with Gasteiger partial charge in [-0.15, -0.1) is 0 Å². The monoisotopic (exact) mass is 229 g/mol. The molecule has 0 saturated heterocycles. The Morgan fingerprint density at radius 2 is 1.93 bits per heavy atom. The van der Waals surface area contributed by atoms with Gasteiger partial charge in [0.1, 0.15) is 0 Å². The molecule has 92 valence electrons. The molecule has 0 radical (unpaired) electrons. The molecule has 0 aromatic carbocycles. The van der Waals surface area contributed by atoms with Gasteiger partial charge in [-0.05, 0) is 6.92 Å². The molecule has 0 rings (SSSR count). The van der Waals surface area contributed by atoms with Crippen molar-refractivity contribution in [1.29, 1.82) is 0 Å². The molecule has 1 N–H and O–H groups in total. The fourth-order valence-corrected chi connectivity index (χ4v) is 0.914. The number of hydrogen-bond donors (Lipinski definition) is 1. The Hall–Kier alpha value is -0.330. The summed E-state index contributed by atoms with van der Waals surface area (Å²) in [4.78, 5) is 0. The van der Waals surface area contributed by atoms with Crippen LogP contribution in [-0.2, 0) is 9.47 Å². The molecule has 0 aliphatic carbocycles. The summed E-state index contributed by atoms with van der Waals surface area (Å²) in [6.45, 7) is 3.23. The highest BCUT2D eigenvalue weighted by molar-refractivity contribution is 4.56. The number of rotatable bonds is 8. The Morgan fingerprint density at radius 3 is 2.47 bits per heavy atom. The van der Waals surface area contributed by atoms with Gasteiger partial charge < -0.3 is 14.8 Å². The van der Waals surface area contributed by atoms with Crippen LogP contribution < -0.4 is 5.32 Å². The zero-order valence-corrected chi connectivity index (χ0v) is 9.06. The highest BCUT2D eigenvalue weighted by Gasteiger charge is 2.26. The minimum absolute atomic E-state index is 0.218. The Balaban J connectivity index is 3.29. The second kappa shape index (κ2) is 7.90. The summed E-state index contributed by atoms with van der Waals surface area (Å²) in [6, 6.07) is 0. The van der Waals surface area contributed by atoms with Crippen LogP contribution in [0, 0.1) is 0 Å². The van der Waals surface area contributed by atoms with Crippen molar-refractivity contribution in [2.24, 2.45) is 0 Å². The van der Waals surface area contributed by atoms with E-state index in [2.05, 4.69) is 5.32 Å². The zero-order valence-electron chi connectivity index (χ0n) is 9.06. The van der Waals surface area contributed by atoms with E-state index in [0.717, 1.165) is 0 Å². The van der Waals surface area contributed by atoms with Crippen molar-refractivity contribution in [3.05, 3.63) is 0 Å². The topological polar surface area (TPSA) is 30.5 Å². The van der Waals surface area contributed by atoms with E-state index in [1.807, 2.05) is 0 Å². The van der Waals surface area contributed by atoms with Crippen LogP contribution in [0.1, 0.15) is 13.3 Å². The maximum Gasteiger partial charge on any atom is 0.391 e. The van der Waals surface area contributed by atoms with Gasteiger partial charge in [0.25, 0.3) is 0 Å². The van der Waals surface area contributed by atoms with Crippen molar-refractivity contribution in [2.45, 2.75) is 25.6 Å². The molecule has 0 heterocycles. The van der Waals surface area contributed by atoms with E-state index in [9.17, 15) is 13.2 Å². The number of alkyl halides is 3. The molecule has 0 spiro atoms. The molecule has 0 fully saturated rings. The third kappa shape index (κ3) is 11.6. The van der Waals surface area contributed by atoms with Gasteiger partial charge in [-0.25, -0.2) is 0 Å². The first-order chi connectivity index (χ1) is 6.95. The molecule has 0 aromatic heterocycles. The van der Waals surface area contributed by atoms with Crippen molar-refractivity contribution in [1.82, 2.24) is 5.32 Å². The lowest BCUT2D eigenvalue weighted by Gasteiger charge is -2.14. The Morgan fingerprint density at radius 1 is 1.27 bits per heavy atom. The average molecular weight is 229 g/mol. The second-order valence-electron chi connectivity index (χ2n) is 3.24. The SMILES string of the molecule is COCCNCC(C)OCCC(F)(F)F. The number of ether oxygens (including phenoxy) is 2. The van der Waals surface area contributed by atoms with Crippen LogP contribution in [0.25, 0.3) is 0 Å². The van der Waals surface area contributed by atoms with Gasteiger partial charge in [-0.3, -0.25) is 0 Å². The Labute approximate surface area is 87.9 Å². The molecule has 0 aromatic rings. The maximum absolute atomic E-state index is 11.7. The fourth-order valence-electron chi connectivity index (χ4n) is 0.914. The quantitative estimate of drug-likeness (QED) is 0.641. The van der Waals surface area contributed by atoms with E-state index >= 15 is 0 Å². The van der Waals surface area contributed by atoms with Crippen molar-refractivity contribution >= 4 is 0 Å². The summed E-state index contributed by atoms with van der Waals surface area (Å²) in [7, 11) is 1.59. The average Bonchev–Trinajstić information content (AvgIpc) is 2.10. The standard InChI is InChI=1S/C9H18F3NO2/c1-8(7-13-4-6-14-2)15-5-3-9(10,11)12/h8,13H,3-7H2,1-2H3. The van der Waals surface area contributed by atoms with E-state index in [-0.39, 0.29) is 12.7 Å². The molecule has 0 saturated carbocycles. The molecule has 1 atom stereocenters. The number of halogens is 3. The number of nitrogens with one attached hydrogen (secondary N) is 1. The molecule has 6 heteroatoms.